The molecule has 6 nitrogen and oxygen atoms in total. The number of halogens is 1. The van der Waals surface area contributed by atoms with E-state index in [4.69, 9.17) is 4.74 Å². The van der Waals surface area contributed by atoms with E-state index in [1.807, 2.05) is 6.07 Å². The van der Waals surface area contributed by atoms with Crippen LogP contribution in [0.25, 0.3) is 0 Å². The third-order valence-electron chi connectivity index (χ3n) is 5.92. The number of hydrogen-bond acceptors (Lipinski definition) is 4. The van der Waals surface area contributed by atoms with Crippen LogP contribution in [0.3, 0.4) is 0 Å². The van der Waals surface area contributed by atoms with E-state index >= 15 is 0 Å². The minimum absolute atomic E-state index is 0.0342. The average molecular weight is 391 g/mol. The molecule has 7 heteroatoms. The molecule has 2 amide bonds. The summed E-state index contributed by atoms with van der Waals surface area (Å²) in [6.07, 6.45) is 0.579. The lowest BCUT2D eigenvalue weighted by molar-refractivity contribution is -0.131. The van der Waals surface area contributed by atoms with Gasteiger partial charge in [0.25, 0.3) is 0 Å². The van der Waals surface area contributed by atoms with E-state index in [9.17, 15) is 14.0 Å². The molecule has 2 saturated heterocycles. The third-order valence-corrected chi connectivity index (χ3v) is 5.92. The molecule has 0 spiro atoms. The lowest BCUT2D eigenvalue weighted by atomic mass is 9.84. The summed E-state index contributed by atoms with van der Waals surface area (Å²) in [5, 5.41) is 0. The molecule has 0 bridgehead atoms. The molecule has 3 rings (SSSR count). The van der Waals surface area contributed by atoms with Gasteiger partial charge < -0.3 is 14.5 Å². The molecule has 4 atom stereocenters. The normalized spacial score (nSPS) is 26.9. The maximum Gasteiger partial charge on any atom is 0.224 e. The summed E-state index contributed by atoms with van der Waals surface area (Å²) < 4.78 is 19.6. The molecule has 1 aromatic rings. The lowest BCUT2D eigenvalue weighted by Crippen LogP contribution is -2.35. The minimum Gasteiger partial charge on any atom is -0.376 e. The molecular weight excluding hydrogens is 361 g/mol. The van der Waals surface area contributed by atoms with E-state index in [1.165, 1.54) is 6.07 Å². The fourth-order valence-corrected chi connectivity index (χ4v) is 4.43. The van der Waals surface area contributed by atoms with E-state index in [-0.39, 0.29) is 41.6 Å². The van der Waals surface area contributed by atoms with Crippen LogP contribution >= 0.6 is 0 Å². The smallest absolute Gasteiger partial charge is 0.224 e. The van der Waals surface area contributed by atoms with Gasteiger partial charge in [-0.1, -0.05) is 12.1 Å². The standard InChI is InChI=1S/C21H30FN3O3/c1-23(2)19(26)9-15-12-25(11-14-6-5-7-16(22)8-14)17-13-28-18(21(15)17)10-20(27)24(3)4/h5-8,15,17-18,21H,9-13H2,1-4H3/t15-,17-,18+,21-/m1/s1. The van der Waals surface area contributed by atoms with Gasteiger partial charge >= 0.3 is 0 Å². The second kappa shape index (κ2) is 8.57. The van der Waals surface area contributed by atoms with E-state index in [0.29, 0.717) is 26.0 Å². The Morgan fingerprint density at radius 1 is 1.14 bits per heavy atom. The van der Waals surface area contributed by atoms with E-state index in [0.717, 1.165) is 12.1 Å². The number of likely N-dealkylation sites (tertiary alicyclic amines) is 1. The first-order valence-corrected chi connectivity index (χ1v) is 9.76. The molecule has 0 unspecified atom stereocenters. The quantitative estimate of drug-likeness (QED) is 0.739. The first-order chi connectivity index (χ1) is 13.3. The number of rotatable bonds is 6. The van der Waals surface area contributed by atoms with Crippen LogP contribution in [0.1, 0.15) is 18.4 Å². The molecule has 0 aliphatic carbocycles. The highest BCUT2D eigenvalue weighted by molar-refractivity contribution is 5.77. The summed E-state index contributed by atoms with van der Waals surface area (Å²) in [6.45, 7) is 1.91. The lowest BCUT2D eigenvalue weighted by Gasteiger charge is -2.24. The summed E-state index contributed by atoms with van der Waals surface area (Å²) in [5.41, 5.74) is 0.908. The Hall–Kier alpha value is -1.99. The van der Waals surface area contributed by atoms with Crippen molar-refractivity contribution in [2.45, 2.75) is 31.5 Å². The summed E-state index contributed by atoms with van der Waals surface area (Å²) in [5.74, 6) is 0.120. The van der Waals surface area contributed by atoms with Crippen LogP contribution in [0, 0.1) is 17.7 Å². The van der Waals surface area contributed by atoms with Crippen molar-refractivity contribution in [2.75, 3.05) is 41.3 Å². The molecule has 0 saturated carbocycles. The summed E-state index contributed by atoms with van der Waals surface area (Å²) in [4.78, 5) is 30.1. The molecule has 2 aliphatic heterocycles. The van der Waals surface area contributed by atoms with Gasteiger partial charge in [-0.25, -0.2) is 4.39 Å². The van der Waals surface area contributed by atoms with Crippen molar-refractivity contribution in [1.29, 1.82) is 0 Å². The Kier molecular flexibility index (Phi) is 6.35. The molecule has 2 heterocycles. The SMILES string of the molecule is CN(C)C(=O)C[C@@H]1CN(Cc2cccc(F)c2)[C@@H]2CO[C@@H](CC(=O)N(C)C)[C@H]12. The van der Waals surface area contributed by atoms with Crippen molar-refractivity contribution < 1.29 is 18.7 Å². The fourth-order valence-electron chi connectivity index (χ4n) is 4.43. The Morgan fingerprint density at radius 2 is 1.82 bits per heavy atom. The van der Waals surface area contributed by atoms with Crippen LogP contribution in [0.2, 0.25) is 0 Å². The van der Waals surface area contributed by atoms with Crippen LogP contribution in [0.5, 0.6) is 0 Å². The van der Waals surface area contributed by atoms with Gasteiger partial charge in [0, 0.05) is 59.7 Å². The monoisotopic (exact) mass is 391 g/mol. The summed E-state index contributed by atoms with van der Waals surface area (Å²) >= 11 is 0. The molecular formula is C21H30FN3O3. The van der Waals surface area contributed by atoms with Gasteiger partial charge in [0.05, 0.1) is 19.1 Å². The van der Waals surface area contributed by atoms with Crippen LogP contribution in [-0.4, -0.2) is 80.0 Å². The second-order valence-electron chi connectivity index (χ2n) is 8.32. The van der Waals surface area contributed by atoms with Gasteiger partial charge in [-0.15, -0.1) is 0 Å². The van der Waals surface area contributed by atoms with Crippen LogP contribution in [0.15, 0.2) is 24.3 Å². The number of carbonyl (C=O) groups excluding carboxylic acids is 2. The number of nitrogens with zero attached hydrogens (tertiary/aromatic N) is 3. The number of fused-ring (bicyclic) bond motifs is 1. The maximum absolute atomic E-state index is 13.6. The third kappa shape index (κ3) is 4.52. The van der Waals surface area contributed by atoms with Gasteiger partial charge in [-0.3, -0.25) is 14.5 Å². The highest BCUT2D eigenvalue weighted by Crippen LogP contribution is 2.42. The molecule has 0 aromatic heterocycles. The van der Waals surface area contributed by atoms with Crippen LogP contribution in [-0.2, 0) is 20.9 Å². The molecule has 2 aliphatic rings. The average Bonchev–Trinajstić information content (AvgIpc) is 3.17. The Bertz CT molecular complexity index is 725. The fraction of sp³-hybridized carbons (Fsp3) is 0.619. The Morgan fingerprint density at radius 3 is 2.46 bits per heavy atom. The van der Waals surface area contributed by atoms with Gasteiger partial charge in [-0.2, -0.15) is 0 Å². The van der Waals surface area contributed by atoms with Crippen LogP contribution < -0.4 is 0 Å². The van der Waals surface area contributed by atoms with Crippen molar-refractivity contribution in [3.63, 3.8) is 0 Å². The number of carbonyl (C=O) groups is 2. The Balaban J connectivity index is 1.78. The van der Waals surface area contributed by atoms with Gasteiger partial charge in [0.1, 0.15) is 5.82 Å². The zero-order chi connectivity index (χ0) is 20.4. The molecule has 28 heavy (non-hydrogen) atoms. The van der Waals surface area contributed by atoms with E-state index in [2.05, 4.69) is 4.90 Å². The topological polar surface area (TPSA) is 53.1 Å². The van der Waals surface area contributed by atoms with E-state index < -0.39 is 0 Å². The van der Waals surface area contributed by atoms with Crippen molar-refractivity contribution in [1.82, 2.24) is 14.7 Å². The first-order valence-electron chi connectivity index (χ1n) is 9.76. The van der Waals surface area contributed by atoms with Gasteiger partial charge in [0.2, 0.25) is 11.8 Å². The number of benzene rings is 1. The maximum atomic E-state index is 13.6. The van der Waals surface area contributed by atoms with Gasteiger partial charge in [0.15, 0.2) is 0 Å². The second-order valence-corrected chi connectivity index (χ2v) is 8.32. The van der Waals surface area contributed by atoms with Crippen LogP contribution in [0.4, 0.5) is 4.39 Å². The van der Waals surface area contributed by atoms with E-state index in [1.54, 1.807) is 50.1 Å². The van der Waals surface area contributed by atoms with Crippen molar-refractivity contribution >= 4 is 11.8 Å². The summed E-state index contributed by atoms with van der Waals surface area (Å²) in [7, 11) is 7.01. The first kappa shape index (κ1) is 20.7. The van der Waals surface area contributed by atoms with Gasteiger partial charge in [-0.05, 0) is 23.6 Å². The number of ether oxygens (including phenoxy) is 1. The minimum atomic E-state index is -0.246. The molecule has 1 aromatic carbocycles. The molecule has 154 valence electrons. The molecule has 2 fully saturated rings. The van der Waals surface area contributed by atoms with Crippen molar-refractivity contribution in [2.24, 2.45) is 11.8 Å². The highest BCUT2D eigenvalue weighted by Gasteiger charge is 2.51. The number of amides is 2. The zero-order valence-electron chi connectivity index (χ0n) is 17.1. The Labute approximate surface area is 166 Å². The highest BCUT2D eigenvalue weighted by atomic mass is 19.1. The number of hydrogen-bond donors (Lipinski definition) is 0. The predicted molar refractivity (Wildman–Crippen MR) is 104 cm³/mol. The summed E-state index contributed by atoms with van der Waals surface area (Å²) in [6, 6.07) is 6.77. The van der Waals surface area contributed by atoms with Crippen molar-refractivity contribution in [3.8, 4) is 0 Å². The molecule has 0 N–H and O–H groups in total. The largest absolute Gasteiger partial charge is 0.376 e. The van der Waals surface area contributed by atoms with Crippen molar-refractivity contribution in [3.05, 3.63) is 35.6 Å². The predicted octanol–water partition coefficient (Wildman–Crippen LogP) is 1.60. The molecule has 0 radical (unpaired) electrons. The zero-order valence-corrected chi connectivity index (χ0v) is 17.1.